The first-order valence-electron chi connectivity index (χ1n) is 13.2. The van der Waals surface area contributed by atoms with Crippen molar-refractivity contribution < 1.29 is 13.2 Å². The molecule has 3 N–H and O–H groups in total. The first-order chi connectivity index (χ1) is 16.8. The average Bonchev–Trinajstić information content (AvgIpc) is 3.34. The van der Waals surface area contributed by atoms with Crippen LogP contribution in [0.3, 0.4) is 0 Å². The highest BCUT2D eigenvalue weighted by atomic mass is 32.2. The van der Waals surface area contributed by atoms with Gasteiger partial charge in [0.2, 0.25) is 0 Å². The Morgan fingerprint density at radius 1 is 0.800 bits per heavy atom. The molecule has 0 radical (unpaired) electrons. The Morgan fingerprint density at radius 2 is 1.46 bits per heavy atom. The fraction of sp³-hybridized carbons (Fsp3) is 0.720. The summed E-state index contributed by atoms with van der Waals surface area (Å²) in [6, 6.07) is 1.64. The number of benzene rings is 1. The molecule has 0 unspecified atom stereocenters. The lowest BCUT2D eigenvalue weighted by atomic mass is 9.99. The van der Waals surface area contributed by atoms with Crippen molar-refractivity contribution in [3.8, 4) is 0 Å². The van der Waals surface area contributed by atoms with E-state index in [1.165, 1.54) is 52.6 Å². The minimum atomic E-state index is -3.83. The number of nitrogens with zero attached hydrogens (tertiary/aromatic N) is 3. The summed E-state index contributed by atoms with van der Waals surface area (Å²) in [5, 5.41) is 6.23. The molecule has 1 aromatic carbocycles. The standard InChI is InChI=1S/C19H28N4O3S.C6H14N2/c1-22-9-4-10-23(12-11-22)27(25,26)21-19(24)20-18-16-7-2-5-14(16)13-15-6-3-8-17(15)18;1-8-5-2-3-7-4-6-8/h13H,2-12H2,1H3,(H2,20,21,24);7H,2-6H2,1H3. The number of hydrogen-bond acceptors (Lipinski definition) is 6. The number of hydrogen-bond donors (Lipinski definition) is 3. The van der Waals surface area contributed by atoms with Crippen molar-refractivity contribution in [3.05, 3.63) is 28.3 Å². The normalized spacial score (nSPS) is 21.8. The fourth-order valence-electron chi connectivity index (χ4n) is 5.53. The Hall–Kier alpha value is -1.72. The van der Waals surface area contributed by atoms with Crippen LogP contribution in [-0.4, -0.2) is 95.0 Å². The highest BCUT2D eigenvalue weighted by Gasteiger charge is 2.28. The van der Waals surface area contributed by atoms with E-state index in [-0.39, 0.29) is 0 Å². The highest BCUT2D eigenvalue weighted by molar-refractivity contribution is 7.87. The predicted octanol–water partition coefficient (Wildman–Crippen LogP) is 1.58. The topological polar surface area (TPSA) is 97.0 Å². The van der Waals surface area contributed by atoms with E-state index >= 15 is 0 Å². The van der Waals surface area contributed by atoms with Crippen molar-refractivity contribution in [2.24, 2.45) is 0 Å². The predicted molar refractivity (Wildman–Crippen MR) is 140 cm³/mol. The molecule has 0 aromatic heterocycles. The van der Waals surface area contributed by atoms with Gasteiger partial charge in [-0.05, 0) is 107 Å². The molecular formula is C25H42N6O3S. The summed E-state index contributed by atoms with van der Waals surface area (Å²) in [6.45, 7) is 7.19. The highest BCUT2D eigenvalue weighted by Crippen LogP contribution is 2.38. The number of urea groups is 1. The van der Waals surface area contributed by atoms with Gasteiger partial charge in [0.15, 0.2) is 0 Å². The molecular weight excluding hydrogens is 464 g/mol. The lowest BCUT2D eigenvalue weighted by Crippen LogP contribution is -2.46. The Labute approximate surface area is 210 Å². The average molecular weight is 507 g/mol. The summed E-state index contributed by atoms with van der Waals surface area (Å²) in [6.07, 6.45) is 8.22. The smallest absolute Gasteiger partial charge is 0.315 e. The van der Waals surface area contributed by atoms with Gasteiger partial charge in [-0.1, -0.05) is 6.07 Å². The van der Waals surface area contributed by atoms with Crippen LogP contribution in [0.5, 0.6) is 0 Å². The van der Waals surface area contributed by atoms with Crippen molar-refractivity contribution >= 4 is 21.9 Å². The van der Waals surface area contributed by atoms with Crippen LogP contribution in [0, 0.1) is 0 Å². The second-order valence-corrected chi connectivity index (χ2v) is 11.9. The second-order valence-electron chi connectivity index (χ2n) is 10.3. The largest absolute Gasteiger partial charge is 0.333 e. The minimum absolute atomic E-state index is 0.398. The molecule has 0 atom stereocenters. The van der Waals surface area contributed by atoms with Crippen LogP contribution in [0.15, 0.2) is 6.07 Å². The maximum absolute atomic E-state index is 12.6. The number of aryl methyl sites for hydroxylation is 2. The molecule has 2 amide bonds. The summed E-state index contributed by atoms with van der Waals surface area (Å²) >= 11 is 0. The van der Waals surface area contributed by atoms with Crippen LogP contribution in [0.2, 0.25) is 0 Å². The van der Waals surface area contributed by atoms with Crippen LogP contribution >= 0.6 is 0 Å². The molecule has 1 aromatic rings. The third kappa shape index (κ3) is 6.95. The summed E-state index contributed by atoms with van der Waals surface area (Å²) in [5.41, 5.74) is 5.87. The molecule has 2 aliphatic heterocycles. The molecule has 2 heterocycles. The summed E-state index contributed by atoms with van der Waals surface area (Å²) in [4.78, 5) is 17.0. The summed E-state index contributed by atoms with van der Waals surface area (Å²) < 4.78 is 28.9. The minimum Gasteiger partial charge on any atom is -0.315 e. The van der Waals surface area contributed by atoms with Gasteiger partial charge < -0.3 is 20.4 Å². The quantitative estimate of drug-likeness (QED) is 0.576. The Bertz CT molecular complexity index is 959. The molecule has 196 valence electrons. The van der Waals surface area contributed by atoms with E-state index in [9.17, 15) is 13.2 Å². The first kappa shape index (κ1) is 26.3. The Morgan fingerprint density at radius 3 is 2.17 bits per heavy atom. The van der Waals surface area contributed by atoms with Gasteiger partial charge in [0.1, 0.15) is 0 Å². The number of rotatable bonds is 3. The Kier molecular flexibility index (Phi) is 9.04. The van der Waals surface area contributed by atoms with E-state index in [4.69, 9.17) is 0 Å². The number of amides is 2. The molecule has 0 saturated carbocycles. The van der Waals surface area contributed by atoms with E-state index in [0.717, 1.165) is 63.7 Å². The SMILES string of the molecule is CN1CCCN(S(=O)(=O)NC(=O)Nc2c3c(cc4c2CCC4)CCC3)CC1.CN1CCCNCC1. The van der Waals surface area contributed by atoms with Crippen LogP contribution in [0.25, 0.3) is 0 Å². The van der Waals surface area contributed by atoms with E-state index in [1.807, 2.05) is 7.05 Å². The molecule has 0 spiro atoms. The van der Waals surface area contributed by atoms with Crippen LogP contribution < -0.4 is 15.4 Å². The molecule has 2 aliphatic carbocycles. The van der Waals surface area contributed by atoms with Crippen LogP contribution in [0.1, 0.15) is 47.9 Å². The van der Waals surface area contributed by atoms with Crippen LogP contribution in [0.4, 0.5) is 10.5 Å². The fourth-order valence-corrected chi connectivity index (χ4v) is 6.64. The van der Waals surface area contributed by atoms with E-state index in [2.05, 4.69) is 38.3 Å². The number of carbonyl (C=O) groups is 1. The van der Waals surface area contributed by atoms with Crippen molar-refractivity contribution in [3.63, 3.8) is 0 Å². The molecule has 5 rings (SSSR count). The van der Waals surface area contributed by atoms with Gasteiger partial charge in [-0.25, -0.2) is 9.52 Å². The van der Waals surface area contributed by atoms with Gasteiger partial charge in [-0.2, -0.15) is 12.7 Å². The molecule has 2 fully saturated rings. The summed E-state index contributed by atoms with van der Waals surface area (Å²) in [7, 11) is 0.320. The van der Waals surface area contributed by atoms with Crippen molar-refractivity contribution in [1.82, 2.24) is 24.1 Å². The lowest BCUT2D eigenvalue weighted by Gasteiger charge is -2.21. The van der Waals surface area contributed by atoms with E-state index in [0.29, 0.717) is 19.6 Å². The third-order valence-corrected chi connectivity index (χ3v) is 9.00. The van der Waals surface area contributed by atoms with Crippen molar-refractivity contribution in [1.29, 1.82) is 0 Å². The molecule has 10 heteroatoms. The van der Waals surface area contributed by atoms with Crippen molar-refractivity contribution in [2.75, 3.05) is 71.8 Å². The number of carbonyl (C=O) groups excluding carboxylic acids is 1. The van der Waals surface area contributed by atoms with Gasteiger partial charge in [0, 0.05) is 38.4 Å². The van der Waals surface area contributed by atoms with Crippen molar-refractivity contribution in [2.45, 2.75) is 51.4 Å². The van der Waals surface area contributed by atoms with Gasteiger partial charge >= 0.3 is 16.2 Å². The monoisotopic (exact) mass is 506 g/mol. The second kappa shape index (κ2) is 12.0. The molecule has 4 aliphatic rings. The first-order valence-corrected chi connectivity index (χ1v) is 14.6. The van der Waals surface area contributed by atoms with E-state index in [1.54, 1.807) is 0 Å². The lowest BCUT2D eigenvalue weighted by molar-refractivity contribution is 0.255. The summed E-state index contributed by atoms with van der Waals surface area (Å²) in [5.74, 6) is 0. The third-order valence-electron chi connectivity index (χ3n) is 7.52. The number of nitrogens with one attached hydrogen (secondary N) is 3. The van der Waals surface area contributed by atoms with Gasteiger partial charge in [0.05, 0.1) is 0 Å². The molecule has 35 heavy (non-hydrogen) atoms. The molecule has 2 saturated heterocycles. The number of likely N-dealkylation sites (N-methyl/N-ethyl adjacent to an activating group) is 2. The van der Waals surface area contributed by atoms with Gasteiger partial charge in [-0.3, -0.25) is 0 Å². The van der Waals surface area contributed by atoms with Gasteiger partial charge in [0.25, 0.3) is 0 Å². The zero-order valence-electron chi connectivity index (χ0n) is 21.4. The maximum atomic E-state index is 12.6. The molecule has 0 bridgehead atoms. The number of anilines is 1. The Balaban J connectivity index is 0.000000308. The maximum Gasteiger partial charge on any atom is 0.333 e. The van der Waals surface area contributed by atoms with E-state index < -0.39 is 16.2 Å². The van der Waals surface area contributed by atoms with Gasteiger partial charge in [-0.15, -0.1) is 0 Å². The van der Waals surface area contributed by atoms with Crippen LogP contribution in [-0.2, 0) is 35.9 Å². The zero-order chi connectivity index (χ0) is 24.8. The molecule has 9 nitrogen and oxygen atoms in total. The zero-order valence-corrected chi connectivity index (χ0v) is 22.2. The number of fused-ring (bicyclic) bond motifs is 2.